The molecule has 0 saturated heterocycles. The van der Waals surface area contributed by atoms with Crippen LogP contribution < -0.4 is 10.6 Å². The number of amides is 2. The minimum absolute atomic E-state index is 0.0813. The fourth-order valence-corrected chi connectivity index (χ4v) is 3.70. The number of hydrogen-bond donors (Lipinski definition) is 2. The second-order valence-electron chi connectivity index (χ2n) is 7.69. The van der Waals surface area contributed by atoms with Crippen molar-refractivity contribution in [2.75, 3.05) is 6.54 Å². The number of para-hydroxylation sites is 2. The Labute approximate surface area is 187 Å². The quantitative estimate of drug-likeness (QED) is 0.452. The van der Waals surface area contributed by atoms with Crippen molar-refractivity contribution in [3.05, 3.63) is 101 Å². The summed E-state index contributed by atoms with van der Waals surface area (Å²) in [6, 6.07) is 25.1. The number of rotatable bonds is 8. The number of nitrogens with zero attached hydrogens (tertiary/aromatic N) is 2. The summed E-state index contributed by atoms with van der Waals surface area (Å²) in [7, 11) is 0. The topological polar surface area (TPSA) is 76.0 Å². The second-order valence-corrected chi connectivity index (χ2v) is 7.69. The number of benzene rings is 3. The molecule has 3 aromatic carbocycles. The number of aryl methyl sites for hydroxylation is 1. The van der Waals surface area contributed by atoms with Gasteiger partial charge in [-0.2, -0.15) is 0 Å². The van der Waals surface area contributed by atoms with Crippen molar-refractivity contribution in [2.24, 2.45) is 0 Å². The van der Waals surface area contributed by atoms with Gasteiger partial charge in [0.2, 0.25) is 5.91 Å². The third kappa shape index (κ3) is 5.03. The van der Waals surface area contributed by atoms with E-state index in [9.17, 15) is 9.59 Å². The number of hydrogen-bond acceptors (Lipinski definition) is 3. The molecule has 0 bridgehead atoms. The summed E-state index contributed by atoms with van der Waals surface area (Å²) in [5, 5.41) is 5.94. The average molecular weight is 427 g/mol. The molecule has 0 unspecified atom stereocenters. The molecule has 1 heterocycles. The van der Waals surface area contributed by atoms with E-state index in [0.717, 1.165) is 28.0 Å². The average Bonchev–Trinajstić information content (AvgIpc) is 3.16. The summed E-state index contributed by atoms with van der Waals surface area (Å²) < 4.78 is 1.93. The van der Waals surface area contributed by atoms with E-state index in [0.29, 0.717) is 25.1 Å². The Morgan fingerprint density at radius 2 is 1.59 bits per heavy atom. The summed E-state index contributed by atoms with van der Waals surface area (Å²) in [6.45, 7) is 3.01. The normalized spacial score (nSPS) is 10.8. The molecular formula is C26H26N4O2. The van der Waals surface area contributed by atoms with Gasteiger partial charge >= 0.3 is 0 Å². The molecule has 0 atom stereocenters. The van der Waals surface area contributed by atoms with Gasteiger partial charge < -0.3 is 15.2 Å². The number of aromatic nitrogens is 2. The molecule has 4 rings (SSSR count). The Balaban J connectivity index is 1.43. The maximum Gasteiger partial charge on any atom is 0.251 e. The Morgan fingerprint density at radius 1 is 0.875 bits per heavy atom. The third-order valence-corrected chi connectivity index (χ3v) is 5.39. The standard InChI is InChI=1S/C26H26N4O2/c1-19-9-5-6-12-21(19)26(32)27-16-15-24-29-22-13-7-8-14-23(22)30(24)18-25(31)28-17-20-10-3-2-4-11-20/h2-14H,15-18H2,1H3,(H,27,32)(H,28,31). The van der Waals surface area contributed by atoms with Gasteiger partial charge in [0, 0.05) is 25.1 Å². The summed E-state index contributed by atoms with van der Waals surface area (Å²) in [5.41, 5.74) is 4.40. The predicted octanol–water partition coefficient (Wildman–Crippen LogP) is 3.63. The maximum atomic E-state index is 12.7. The van der Waals surface area contributed by atoms with Gasteiger partial charge in [0.15, 0.2) is 0 Å². The van der Waals surface area contributed by atoms with E-state index < -0.39 is 0 Å². The van der Waals surface area contributed by atoms with Crippen molar-refractivity contribution in [1.82, 2.24) is 20.2 Å². The molecule has 0 aliphatic rings. The zero-order chi connectivity index (χ0) is 22.3. The molecule has 4 aromatic rings. The molecule has 162 valence electrons. The van der Waals surface area contributed by atoms with E-state index in [1.54, 1.807) is 0 Å². The highest BCUT2D eigenvalue weighted by atomic mass is 16.2. The first-order valence-corrected chi connectivity index (χ1v) is 10.7. The third-order valence-electron chi connectivity index (χ3n) is 5.39. The highest BCUT2D eigenvalue weighted by Crippen LogP contribution is 2.16. The van der Waals surface area contributed by atoms with Crippen LogP contribution in [0.15, 0.2) is 78.9 Å². The van der Waals surface area contributed by atoms with Crippen molar-refractivity contribution < 1.29 is 9.59 Å². The smallest absolute Gasteiger partial charge is 0.251 e. The highest BCUT2D eigenvalue weighted by Gasteiger charge is 2.14. The molecular weight excluding hydrogens is 400 g/mol. The van der Waals surface area contributed by atoms with E-state index in [1.165, 1.54) is 0 Å². The van der Waals surface area contributed by atoms with Crippen LogP contribution in [-0.2, 0) is 24.3 Å². The summed E-state index contributed by atoms with van der Waals surface area (Å²) in [5.74, 6) is 0.583. The van der Waals surface area contributed by atoms with Crippen molar-refractivity contribution in [3.63, 3.8) is 0 Å². The van der Waals surface area contributed by atoms with Crippen molar-refractivity contribution in [1.29, 1.82) is 0 Å². The minimum atomic E-state index is -0.105. The number of carbonyl (C=O) groups excluding carboxylic acids is 2. The van der Waals surface area contributed by atoms with Crippen molar-refractivity contribution >= 4 is 22.8 Å². The highest BCUT2D eigenvalue weighted by molar-refractivity contribution is 5.95. The molecule has 0 aliphatic heterocycles. The Bertz CT molecular complexity index is 1230. The first-order valence-electron chi connectivity index (χ1n) is 10.7. The molecule has 0 saturated carbocycles. The summed E-state index contributed by atoms with van der Waals surface area (Å²) in [6.07, 6.45) is 0.526. The lowest BCUT2D eigenvalue weighted by Crippen LogP contribution is -2.29. The van der Waals surface area contributed by atoms with Crippen LogP contribution in [0.5, 0.6) is 0 Å². The first-order chi connectivity index (χ1) is 15.6. The van der Waals surface area contributed by atoms with Crippen LogP contribution in [0.25, 0.3) is 11.0 Å². The van der Waals surface area contributed by atoms with Gasteiger partial charge in [-0.1, -0.05) is 60.7 Å². The van der Waals surface area contributed by atoms with Crippen LogP contribution in [0.1, 0.15) is 27.3 Å². The van der Waals surface area contributed by atoms with Crippen LogP contribution in [0, 0.1) is 6.92 Å². The van der Waals surface area contributed by atoms with E-state index in [2.05, 4.69) is 10.6 Å². The zero-order valence-corrected chi connectivity index (χ0v) is 18.0. The lowest BCUT2D eigenvalue weighted by molar-refractivity contribution is -0.121. The monoisotopic (exact) mass is 426 g/mol. The lowest BCUT2D eigenvalue weighted by Gasteiger charge is -2.11. The maximum absolute atomic E-state index is 12.7. The Morgan fingerprint density at radius 3 is 2.41 bits per heavy atom. The Hall–Kier alpha value is -3.93. The van der Waals surface area contributed by atoms with Crippen LogP contribution in [-0.4, -0.2) is 27.9 Å². The van der Waals surface area contributed by atoms with E-state index >= 15 is 0 Å². The summed E-state index contributed by atoms with van der Waals surface area (Å²) in [4.78, 5) is 29.9. The number of nitrogens with one attached hydrogen (secondary N) is 2. The molecule has 32 heavy (non-hydrogen) atoms. The van der Waals surface area contributed by atoms with Gasteiger partial charge in [-0.05, 0) is 36.2 Å². The number of carbonyl (C=O) groups is 2. The lowest BCUT2D eigenvalue weighted by atomic mass is 10.1. The molecule has 6 heteroatoms. The number of imidazole rings is 1. The predicted molar refractivity (Wildman–Crippen MR) is 125 cm³/mol. The SMILES string of the molecule is Cc1ccccc1C(=O)NCCc1nc2ccccc2n1CC(=O)NCc1ccccc1. The fourth-order valence-electron chi connectivity index (χ4n) is 3.70. The molecule has 0 fully saturated rings. The molecule has 2 N–H and O–H groups in total. The Kier molecular flexibility index (Phi) is 6.60. The van der Waals surface area contributed by atoms with Gasteiger partial charge in [0.05, 0.1) is 11.0 Å². The minimum Gasteiger partial charge on any atom is -0.352 e. The van der Waals surface area contributed by atoms with Gasteiger partial charge in [-0.25, -0.2) is 4.98 Å². The molecule has 6 nitrogen and oxygen atoms in total. The van der Waals surface area contributed by atoms with Gasteiger partial charge in [0.25, 0.3) is 5.91 Å². The van der Waals surface area contributed by atoms with E-state index in [4.69, 9.17) is 4.98 Å². The van der Waals surface area contributed by atoms with Crippen molar-refractivity contribution in [3.8, 4) is 0 Å². The van der Waals surface area contributed by atoms with Crippen molar-refractivity contribution in [2.45, 2.75) is 26.4 Å². The fraction of sp³-hybridized carbons (Fsp3) is 0.192. The van der Waals surface area contributed by atoms with Gasteiger partial charge in [0.1, 0.15) is 12.4 Å². The van der Waals surface area contributed by atoms with Crippen LogP contribution >= 0.6 is 0 Å². The second kappa shape index (κ2) is 9.92. The van der Waals surface area contributed by atoms with Gasteiger partial charge in [-0.15, -0.1) is 0 Å². The zero-order valence-electron chi connectivity index (χ0n) is 18.0. The summed E-state index contributed by atoms with van der Waals surface area (Å²) >= 11 is 0. The van der Waals surface area contributed by atoms with Crippen LogP contribution in [0.4, 0.5) is 0 Å². The molecule has 1 aromatic heterocycles. The molecule has 0 aliphatic carbocycles. The molecule has 0 radical (unpaired) electrons. The van der Waals surface area contributed by atoms with Crippen LogP contribution in [0.3, 0.4) is 0 Å². The van der Waals surface area contributed by atoms with Crippen LogP contribution in [0.2, 0.25) is 0 Å². The largest absolute Gasteiger partial charge is 0.352 e. The molecule has 2 amide bonds. The van der Waals surface area contributed by atoms with Gasteiger partial charge in [-0.3, -0.25) is 9.59 Å². The first kappa shape index (κ1) is 21.3. The van der Waals surface area contributed by atoms with E-state index in [-0.39, 0.29) is 18.4 Å². The number of fused-ring (bicyclic) bond motifs is 1. The molecule has 0 spiro atoms. The van der Waals surface area contributed by atoms with E-state index in [1.807, 2.05) is 90.4 Å².